The fourth-order valence-electron chi connectivity index (χ4n) is 1.51. The lowest BCUT2D eigenvalue weighted by Crippen LogP contribution is -2.18. The molecule has 0 aliphatic carbocycles. The Morgan fingerprint density at radius 3 is 2.88 bits per heavy atom. The molecule has 2 aromatic rings. The van der Waals surface area contributed by atoms with E-state index in [1.807, 2.05) is 18.0 Å². The lowest BCUT2D eigenvalue weighted by atomic mass is 10.3. The van der Waals surface area contributed by atoms with Crippen molar-refractivity contribution in [2.24, 2.45) is 0 Å². The van der Waals surface area contributed by atoms with E-state index in [0.717, 1.165) is 5.69 Å². The second kappa shape index (κ2) is 4.78. The van der Waals surface area contributed by atoms with Crippen LogP contribution in [0.5, 0.6) is 0 Å². The summed E-state index contributed by atoms with van der Waals surface area (Å²) in [6.07, 6.45) is 1.61. The van der Waals surface area contributed by atoms with Crippen LogP contribution in [0.1, 0.15) is 5.82 Å². The largest absolute Gasteiger partial charge is 0.384 e. The van der Waals surface area contributed by atoms with Crippen LogP contribution in [0, 0.1) is 5.82 Å². The monoisotopic (exact) mass is 232 g/mol. The van der Waals surface area contributed by atoms with E-state index in [4.69, 9.17) is 5.73 Å². The van der Waals surface area contributed by atoms with E-state index in [2.05, 4.69) is 9.97 Å². The minimum absolute atomic E-state index is 0.261. The van der Waals surface area contributed by atoms with Crippen molar-refractivity contribution < 1.29 is 4.39 Å². The molecule has 0 aliphatic rings. The van der Waals surface area contributed by atoms with Gasteiger partial charge in [0.15, 0.2) is 0 Å². The Hall–Kier alpha value is -2.17. The van der Waals surface area contributed by atoms with Crippen molar-refractivity contribution in [3.63, 3.8) is 0 Å². The van der Waals surface area contributed by atoms with Crippen molar-refractivity contribution in [3.8, 4) is 0 Å². The SMILES string of the molecule is CN(Cc1nccc(N)n1)c1cccc(F)c1. The van der Waals surface area contributed by atoms with E-state index in [-0.39, 0.29) is 5.82 Å². The number of nitrogens with two attached hydrogens (primary N) is 1. The quantitative estimate of drug-likeness (QED) is 0.877. The van der Waals surface area contributed by atoms with Crippen LogP contribution in [0.4, 0.5) is 15.9 Å². The van der Waals surface area contributed by atoms with Crippen LogP contribution in [0.15, 0.2) is 36.5 Å². The number of anilines is 2. The summed E-state index contributed by atoms with van der Waals surface area (Å²) in [6.45, 7) is 0.481. The average molecular weight is 232 g/mol. The van der Waals surface area contributed by atoms with Crippen LogP contribution in [0.3, 0.4) is 0 Å². The molecule has 0 radical (unpaired) electrons. The zero-order valence-corrected chi connectivity index (χ0v) is 9.47. The molecule has 0 aliphatic heterocycles. The second-order valence-electron chi connectivity index (χ2n) is 3.73. The number of aromatic nitrogens is 2. The molecule has 88 valence electrons. The van der Waals surface area contributed by atoms with Crippen LogP contribution in [0.25, 0.3) is 0 Å². The topological polar surface area (TPSA) is 55.0 Å². The van der Waals surface area contributed by atoms with Crippen LogP contribution in [-0.4, -0.2) is 17.0 Å². The molecule has 1 aromatic carbocycles. The molecular weight excluding hydrogens is 219 g/mol. The second-order valence-corrected chi connectivity index (χ2v) is 3.73. The Labute approximate surface area is 98.9 Å². The van der Waals surface area contributed by atoms with E-state index < -0.39 is 0 Å². The number of nitrogens with zero attached hydrogens (tertiary/aromatic N) is 3. The summed E-state index contributed by atoms with van der Waals surface area (Å²) in [4.78, 5) is 10.1. The minimum atomic E-state index is -0.261. The molecule has 0 bridgehead atoms. The van der Waals surface area contributed by atoms with Gasteiger partial charge in [0.1, 0.15) is 17.5 Å². The number of rotatable bonds is 3. The summed E-state index contributed by atoms with van der Waals surface area (Å²) >= 11 is 0. The van der Waals surface area contributed by atoms with Crippen LogP contribution < -0.4 is 10.6 Å². The highest BCUT2D eigenvalue weighted by molar-refractivity contribution is 5.45. The fraction of sp³-hybridized carbons (Fsp3) is 0.167. The van der Waals surface area contributed by atoms with Gasteiger partial charge >= 0.3 is 0 Å². The minimum Gasteiger partial charge on any atom is -0.384 e. The number of hydrogen-bond acceptors (Lipinski definition) is 4. The normalized spacial score (nSPS) is 10.2. The predicted octanol–water partition coefficient (Wildman–Crippen LogP) is 1.83. The summed E-state index contributed by atoms with van der Waals surface area (Å²) in [5.74, 6) is 0.780. The zero-order valence-electron chi connectivity index (χ0n) is 9.47. The lowest BCUT2D eigenvalue weighted by molar-refractivity contribution is 0.627. The first kappa shape index (κ1) is 11.3. The van der Waals surface area contributed by atoms with Gasteiger partial charge in [0.05, 0.1) is 6.54 Å². The number of benzene rings is 1. The molecular formula is C12H13FN4. The summed E-state index contributed by atoms with van der Waals surface area (Å²) in [7, 11) is 1.85. The standard InChI is InChI=1S/C12H13FN4/c1-17(10-4-2-3-9(13)7-10)8-12-15-6-5-11(14)16-12/h2-7H,8H2,1H3,(H2,14,15,16). The molecule has 2 N–H and O–H groups in total. The highest BCUT2D eigenvalue weighted by Crippen LogP contribution is 2.15. The molecule has 1 aromatic heterocycles. The van der Waals surface area contributed by atoms with Crippen LogP contribution >= 0.6 is 0 Å². The maximum Gasteiger partial charge on any atom is 0.149 e. The van der Waals surface area contributed by atoms with Gasteiger partial charge in [-0.05, 0) is 24.3 Å². The van der Waals surface area contributed by atoms with Crippen LogP contribution in [-0.2, 0) is 6.54 Å². The molecule has 2 rings (SSSR count). The van der Waals surface area contributed by atoms with Gasteiger partial charge in [0.2, 0.25) is 0 Å². The molecule has 0 fully saturated rings. The summed E-state index contributed by atoms with van der Waals surface area (Å²) in [5, 5.41) is 0. The van der Waals surface area contributed by atoms with E-state index in [1.54, 1.807) is 18.3 Å². The molecule has 1 heterocycles. The van der Waals surface area contributed by atoms with Gasteiger partial charge in [0.25, 0.3) is 0 Å². The maximum atomic E-state index is 13.1. The molecule has 4 nitrogen and oxygen atoms in total. The van der Waals surface area contributed by atoms with E-state index in [1.165, 1.54) is 12.1 Å². The molecule has 5 heteroatoms. The van der Waals surface area contributed by atoms with E-state index in [0.29, 0.717) is 18.2 Å². The third kappa shape index (κ3) is 2.90. The number of nitrogen functional groups attached to an aromatic ring is 1. The first-order chi connectivity index (χ1) is 8.15. The summed E-state index contributed by atoms with van der Waals surface area (Å²) in [5.41, 5.74) is 6.34. The smallest absolute Gasteiger partial charge is 0.149 e. The third-order valence-electron chi connectivity index (χ3n) is 2.35. The lowest BCUT2D eigenvalue weighted by Gasteiger charge is -2.18. The molecule has 17 heavy (non-hydrogen) atoms. The van der Waals surface area contributed by atoms with Crippen LogP contribution in [0.2, 0.25) is 0 Å². The Bertz CT molecular complexity index is 515. The molecule has 0 spiro atoms. The van der Waals surface area contributed by atoms with Gasteiger partial charge < -0.3 is 10.6 Å². The van der Waals surface area contributed by atoms with Gasteiger partial charge in [-0.25, -0.2) is 14.4 Å². The summed E-state index contributed by atoms with van der Waals surface area (Å²) < 4.78 is 13.1. The molecule has 0 atom stereocenters. The Balaban J connectivity index is 2.14. The molecule has 0 saturated heterocycles. The zero-order chi connectivity index (χ0) is 12.3. The van der Waals surface area contributed by atoms with E-state index >= 15 is 0 Å². The van der Waals surface area contributed by atoms with Crippen molar-refractivity contribution in [2.75, 3.05) is 17.7 Å². The van der Waals surface area contributed by atoms with Gasteiger partial charge in [0, 0.05) is 18.9 Å². The van der Waals surface area contributed by atoms with Crippen molar-refractivity contribution >= 4 is 11.5 Å². The fourth-order valence-corrected chi connectivity index (χ4v) is 1.51. The predicted molar refractivity (Wildman–Crippen MR) is 65.0 cm³/mol. The third-order valence-corrected chi connectivity index (χ3v) is 2.35. The molecule has 0 saturated carbocycles. The Kier molecular flexibility index (Phi) is 3.18. The van der Waals surface area contributed by atoms with E-state index in [9.17, 15) is 4.39 Å². The van der Waals surface area contributed by atoms with Gasteiger partial charge in [-0.2, -0.15) is 0 Å². The first-order valence-electron chi connectivity index (χ1n) is 5.19. The van der Waals surface area contributed by atoms with Crippen molar-refractivity contribution in [3.05, 3.63) is 48.2 Å². The van der Waals surface area contributed by atoms with Crippen molar-refractivity contribution in [1.82, 2.24) is 9.97 Å². The van der Waals surface area contributed by atoms with Crippen molar-refractivity contribution in [2.45, 2.75) is 6.54 Å². The maximum absolute atomic E-state index is 13.1. The summed E-state index contributed by atoms with van der Waals surface area (Å²) in [6, 6.07) is 8.00. The molecule has 0 unspecified atom stereocenters. The Morgan fingerprint density at radius 2 is 2.18 bits per heavy atom. The van der Waals surface area contributed by atoms with Crippen molar-refractivity contribution in [1.29, 1.82) is 0 Å². The Morgan fingerprint density at radius 1 is 1.35 bits per heavy atom. The van der Waals surface area contributed by atoms with Gasteiger partial charge in [-0.3, -0.25) is 0 Å². The molecule has 0 amide bonds. The van der Waals surface area contributed by atoms with Gasteiger partial charge in [-0.1, -0.05) is 6.07 Å². The average Bonchev–Trinajstić information content (AvgIpc) is 2.29. The highest BCUT2D eigenvalue weighted by Gasteiger charge is 2.05. The van der Waals surface area contributed by atoms with Gasteiger partial charge in [-0.15, -0.1) is 0 Å². The number of halogens is 1. The number of hydrogen-bond donors (Lipinski definition) is 1. The first-order valence-corrected chi connectivity index (χ1v) is 5.19. The highest BCUT2D eigenvalue weighted by atomic mass is 19.1.